The standard InChI is InChI=1S/C42H59N5S2/c1-31(21-23-37-35(5)19-13-27-41(37,7)8)15-11-17-33(3)25-29-43-46-39(48)45-40(49)47-44-30-26-34(4)18-12-16-32(2)22-24-38-36(6)20-14-28-42(38,9)10/h11-12,15-18,21-26,29-30H,13-14,19-20,27-28H2,1-10H3,(H3,45,46,47,48,49)/b17-11+,18-12+,23-21+,24-22+,31-15+,32-16+,33-25+,34-26+,43-29+,44-30+. The van der Waals surface area contributed by atoms with Crippen molar-refractivity contribution in [2.75, 3.05) is 0 Å². The maximum Gasteiger partial charge on any atom is 0.193 e. The molecule has 2 aliphatic carbocycles. The van der Waals surface area contributed by atoms with Gasteiger partial charge in [0.15, 0.2) is 10.2 Å². The Morgan fingerprint density at radius 1 is 0.592 bits per heavy atom. The van der Waals surface area contributed by atoms with E-state index in [9.17, 15) is 0 Å². The Morgan fingerprint density at radius 2 is 0.959 bits per heavy atom. The van der Waals surface area contributed by atoms with Gasteiger partial charge in [-0.05, 0) is 150 Å². The molecule has 0 spiro atoms. The molecule has 49 heavy (non-hydrogen) atoms. The van der Waals surface area contributed by atoms with E-state index in [-0.39, 0.29) is 21.1 Å². The first kappa shape index (κ1) is 41.5. The molecule has 0 aromatic carbocycles. The smallest absolute Gasteiger partial charge is 0.193 e. The zero-order valence-electron chi connectivity index (χ0n) is 31.5. The van der Waals surface area contributed by atoms with Gasteiger partial charge in [0.05, 0.1) is 0 Å². The fraction of sp³-hybridized carbons (Fsp3) is 0.429. The topological polar surface area (TPSA) is 60.8 Å². The van der Waals surface area contributed by atoms with Crippen LogP contribution in [0, 0.1) is 10.8 Å². The largest absolute Gasteiger partial charge is 0.307 e. The molecule has 2 rings (SSSR count). The number of nitrogens with one attached hydrogen (secondary N) is 3. The maximum absolute atomic E-state index is 5.26. The highest BCUT2D eigenvalue weighted by Gasteiger charge is 2.27. The van der Waals surface area contributed by atoms with Crippen LogP contribution >= 0.6 is 24.4 Å². The molecule has 0 bridgehead atoms. The molecule has 0 saturated carbocycles. The predicted molar refractivity (Wildman–Crippen MR) is 224 cm³/mol. The van der Waals surface area contributed by atoms with Crippen LogP contribution < -0.4 is 16.2 Å². The minimum atomic E-state index is 0.253. The Morgan fingerprint density at radius 3 is 1.33 bits per heavy atom. The van der Waals surface area contributed by atoms with Gasteiger partial charge < -0.3 is 5.32 Å². The summed E-state index contributed by atoms with van der Waals surface area (Å²) in [5, 5.41) is 11.7. The summed E-state index contributed by atoms with van der Waals surface area (Å²) in [6.45, 7) is 22.2. The van der Waals surface area contributed by atoms with Gasteiger partial charge in [-0.25, -0.2) is 0 Å². The monoisotopic (exact) mass is 697 g/mol. The fourth-order valence-corrected chi connectivity index (χ4v) is 6.41. The van der Waals surface area contributed by atoms with Crippen molar-refractivity contribution in [3.63, 3.8) is 0 Å². The van der Waals surface area contributed by atoms with E-state index in [1.807, 2.05) is 38.2 Å². The molecule has 0 fully saturated rings. The van der Waals surface area contributed by atoms with Crippen molar-refractivity contribution in [2.45, 2.75) is 108 Å². The Hall–Kier alpha value is -3.68. The molecule has 0 heterocycles. The second-order valence-corrected chi connectivity index (χ2v) is 15.3. The van der Waals surface area contributed by atoms with Crippen LogP contribution in [-0.4, -0.2) is 22.7 Å². The van der Waals surface area contributed by atoms with Gasteiger partial charge in [0, 0.05) is 12.4 Å². The average molecular weight is 698 g/mol. The van der Waals surface area contributed by atoms with Crippen molar-refractivity contribution in [2.24, 2.45) is 21.0 Å². The van der Waals surface area contributed by atoms with Crippen LogP contribution in [0.1, 0.15) is 108 Å². The number of hydrogen-bond donors (Lipinski definition) is 3. The molecule has 0 unspecified atom stereocenters. The Balaban J connectivity index is 1.74. The quantitative estimate of drug-likeness (QED) is 0.0820. The summed E-state index contributed by atoms with van der Waals surface area (Å²) in [5.74, 6) is 0. The maximum atomic E-state index is 5.26. The highest BCUT2D eigenvalue weighted by Crippen LogP contribution is 2.41. The van der Waals surface area contributed by atoms with Crippen LogP contribution in [0.4, 0.5) is 0 Å². The fourth-order valence-electron chi connectivity index (χ4n) is 6.04. The van der Waals surface area contributed by atoms with Crippen LogP contribution in [0.15, 0.2) is 128 Å². The van der Waals surface area contributed by atoms with Gasteiger partial charge in [0.1, 0.15) is 0 Å². The van der Waals surface area contributed by atoms with Gasteiger partial charge in [-0.2, -0.15) is 10.2 Å². The average Bonchev–Trinajstić information content (AvgIpc) is 3.00. The normalized spacial score (nSPS) is 19.9. The second-order valence-electron chi connectivity index (χ2n) is 14.5. The number of rotatable bonds is 12. The van der Waals surface area contributed by atoms with E-state index in [4.69, 9.17) is 24.4 Å². The summed E-state index contributed by atoms with van der Waals surface area (Å²) in [7, 11) is 0. The van der Waals surface area contributed by atoms with Crippen molar-refractivity contribution in [3.8, 4) is 0 Å². The molecule has 0 aromatic heterocycles. The lowest BCUT2D eigenvalue weighted by Gasteiger charge is -2.33. The molecule has 0 radical (unpaired) electrons. The summed E-state index contributed by atoms with van der Waals surface area (Å²) in [6.07, 6.45) is 36.0. The van der Waals surface area contributed by atoms with Gasteiger partial charge in [-0.3, -0.25) is 10.9 Å². The molecular formula is C42H59N5S2. The molecule has 0 aliphatic heterocycles. The van der Waals surface area contributed by atoms with Gasteiger partial charge in [-0.15, -0.1) is 0 Å². The van der Waals surface area contributed by atoms with Crippen molar-refractivity contribution < 1.29 is 0 Å². The Labute approximate surface area is 308 Å². The molecular weight excluding hydrogens is 639 g/mol. The van der Waals surface area contributed by atoms with Crippen molar-refractivity contribution in [1.29, 1.82) is 0 Å². The lowest BCUT2D eigenvalue weighted by atomic mass is 9.72. The second kappa shape index (κ2) is 20.7. The number of hydrogen-bond acceptors (Lipinski definition) is 4. The zero-order chi connectivity index (χ0) is 36.5. The van der Waals surface area contributed by atoms with E-state index >= 15 is 0 Å². The van der Waals surface area contributed by atoms with E-state index in [1.54, 1.807) is 12.4 Å². The number of nitrogens with zero attached hydrogens (tertiary/aromatic N) is 2. The molecule has 0 aromatic rings. The van der Waals surface area contributed by atoms with Crippen molar-refractivity contribution in [1.82, 2.24) is 16.2 Å². The molecule has 264 valence electrons. The van der Waals surface area contributed by atoms with Crippen molar-refractivity contribution >= 4 is 47.1 Å². The molecule has 0 atom stereocenters. The molecule has 7 heteroatoms. The zero-order valence-corrected chi connectivity index (χ0v) is 33.2. The minimum absolute atomic E-state index is 0.253. The summed E-state index contributed by atoms with van der Waals surface area (Å²) in [6, 6.07) is 0. The van der Waals surface area contributed by atoms with Crippen LogP contribution in [0.3, 0.4) is 0 Å². The highest BCUT2D eigenvalue weighted by molar-refractivity contribution is 7.81. The number of hydrazone groups is 2. The summed E-state index contributed by atoms with van der Waals surface area (Å²) in [5.41, 5.74) is 16.6. The third kappa shape index (κ3) is 16.1. The summed E-state index contributed by atoms with van der Waals surface area (Å²) in [4.78, 5) is 0. The third-order valence-electron chi connectivity index (χ3n) is 8.93. The van der Waals surface area contributed by atoms with E-state index in [0.717, 1.165) is 11.1 Å². The molecule has 0 saturated heterocycles. The molecule has 5 nitrogen and oxygen atoms in total. The summed E-state index contributed by atoms with van der Waals surface area (Å²) >= 11 is 10.5. The molecule has 2 aliphatic rings. The lowest BCUT2D eigenvalue weighted by molar-refractivity contribution is 0.376. The first-order valence-electron chi connectivity index (χ1n) is 17.3. The highest BCUT2D eigenvalue weighted by atomic mass is 32.1. The van der Waals surface area contributed by atoms with Gasteiger partial charge in [0.25, 0.3) is 0 Å². The van der Waals surface area contributed by atoms with Gasteiger partial charge >= 0.3 is 0 Å². The number of thiocarbonyl (C=S) groups is 2. The SMILES string of the molecule is CC1=C(/C=C/C(C)=C/C=C/C(C)=C/C=N/NC(=S)NC(=S)N/N=C/C=C(C)/C=C/C=C(C)/C=C/C2=C(C)CCCC2(C)C)C(C)(C)CCC1. The van der Waals surface area contributed by atoms with E-state index < -0.39 is 0 Å². The third-order valence-corrected chi connectivity index (χ3v) is 9.32. The predicted octanol–water partition coefficient (Wildman–Crippen LogP) is 11.4. The van der Waals surface area contributed by atoms with Crippen molar-refractivity contribution in [3.05, 3.63) is 117 Å². The Kier molecular flexibility index (Phi) is 17.6. The first-order chi connectivity index (χ1) is 23.1. The molecule has 3 N–H and O–H groups in total. The Bertz CT molecular complexity index is 1450. The van der Waals surface area contributed by atoms with Crippen LogP contribution in [0.25, 0.3) is 0 Å². The van der Waals surface area contributed by atoms with Gasteiger partial charge in [-0.1, -0.05) is 111 Å². The van der Waals surface area contributed by atoms with Crippen LogP contribution in [0.2, 0.25) is 0 Å². The van der Waals surface area contributed by atoms with E-state index in [2.05, 4.69) is 130 Å². The first-order valence-corrected chi connectivity index (χ1v) is 18.2. The lowest BCUT2D eigenvalue weighted by Crippen LogP contribution is -2.41. The van der Waals surface area contributed by atoms with E-state index in [1.165, 1.54) is 72.0 Å². The van der Waals surface area contributed by atoms with Crippen LogP contribution in [0.5, 0.6) is 0 Å². The summed E-state index contributed by atoms with van der Waals surface area (Å²) < 4.78 is 0. The van der Waals surface area contributed by atoms with Crippen LogP contribution in [-0.2, 0) is 0 Å². The number of allylic oxidation sites excluding steroid dienone is 20. The van der Waals surface area contributed by atoms with Gasteiger partial charge in [0.2, 0.25) is 0 Å². The molecule has 0 amide bonds. The van der Waals surface area contributed by atoms with E-state index in [0.29, 0.717) is 0 Å². The minimum Gasteiger partial charge on any atom is -0.307 e.